The van der Waals surface area contributed by atoms with E-state index in [2.05, 4.69) is 14.7 Å². The molecule has 5 nitrogen and oxygen atoms in total. The number of H-pyrrole nitrogens is 1. The minimum absolute atomic E-state index is 0.213. The Morgan fingerprint density at radius 1 is 1.30 bits per heavy atom. The van der Waals surface area contributed by atoms with E-state index < -0.39 is 10.0 Å². The first-order valence-corrected chi connectivity index (χ1v) is 8.39. The summed E-state index contributed by atoms with van der Waals surface area (Å²) in [6, 6.07) is 8.61. The molecular weight excluding hydrogens is 318 g/mol. The van der Waals surface area contributed by atoms with Gasteiger partial charge >= 0.3 is 0 Å². The third kappa shape index (κ3) is 2.71. The molecule has 0 amide bonds. The highest BCUT2D eigenvalue weighted by molar-refractivity contribution is 7.91. The van der Waals surface area contributed by atoms with E-state index >= 15 is 0 Å². The third-order valence-corrected chi connectivity index (χ3v) is 5.89. The molecule has 20 heavy (non-hydrogen) atoms. The molecule has 104 valence electrons. The van der Waals surface area contributed by atoms with Gasteiger partial charge in [-0.2, -0.15) is 0 Å². The van der Waals surface area contributed by atoms with Gasteiger partial charge in [0.05, 0.1) is 21.7 Å². The van der Waals surface area contributed by atoms with Crippen molar-refractivity contribution in [1.82, 2.24) is 14.7 Å². The first-order chi connectivity index (χ1) is 9.54. The third-order valence-electron chi connectivity index (χ3n) is 2.76. The second-order valence-corrected chi connectivity index (χ2v) is 7.85. The van der Waals surface area contributed by atoms with Crippen molar-refractivity contribution in [2.75, 3.05) is 0 Å². The zero-order valence-electron chi connectivity index (χ0n) is 10.1. The van der Waals surface area contributed by atoms with Crippen molar-refractivity contribution < 1.29 is 8.42 Å². The van der Waals surface area contributed by atoms with E-state index in [1.54, 1.807) is 12.4 Å². The second kappa shape index (κ2) is 5.17. The predicted octanol–water partition coefficient (Wildman–Crippen LogP) is 2.76. The summed E-state index contributed by atoms with van der Waals surface area (Å²) in [5.41, 5.74) is 2.58. The van der Waals surface area contributed by atoms with Gasteiger partial charge in [0, 0.05) is 6.54 Å². The Balaban J connectivity index is 1.78. The van der Waals surface area contributed by atoms with Crippen LogP contribution in [-0.2, 0) is 16.6 Å². The van der Waals surface area contributed by atoms with Crippen molar-refractivity contribution in [2.24, 2.45) is 0 Å². The number of rotatable bonds is 4. The van der Waals surface area contributed by atoms with Crippen LogP contribution < -0.4 is 4.72 Å². The first kappa shape index (κ1) is 13.6. The van der Waals surface area contributed by atoms with E-state index in [-0.39, 0.29) is 10.8 Å². The van der Waals surface area contributed by atoms with Gasteiger partial charge in [0.1, 0.15) is 4.21 Å². The minimum atomic E-state index is -3.52. The van der Waals surface area contributed by atoms with Gasteiger partial charge in [-0.05, 0) is 29.8 Å². The van der Waals surface area contributed by atoms with Crippen molar-refractivity contribution in [2.45, 2.75) is 10.8 Å². The van der Waals surface area contributed by atoms with Gasteiger partial charge in [0.25, 0.3) is 0 Å². The number of thiophene rings is 1. The van der Waals surface area contributed by atoms with E-state index in [1.807, 2.05) is 18.2 Å². The number of halogens is 1. The Kier molecular flexibility index (Phi) is 3.51. The fourth-order valence-corrected chi connectivity index (χ4v) is 4.33. The molecule has 3 rings (SSSR count). The second-order valence-electron chi connectivity index (χ2n) is 4.14. The van der Waals surface area contributed by atoms with Crippen molar-refractivity contribution in [3.63, 3.8) is 0 Å². The van der Waals surface area contributed by atoms with E-state index in [0.717, 1.165) is 27.9 Å². The van der Waals surface area contributed by atoms with Gasteiger partial charge in [-0.25, -0.2) is 18.1 Å². The molecule has 0 fully saturated rings. The molecule has 0 aliphatic heterocycles. The Morgan fingerprint density at radius 3 is 2.90 bits per heavy atom. The summed E-state index contributed by atoms with van der Waals surface area (Å²) in [7, 11) is -3.52. The van der Waals surface area contributed by atoms with Crippen LogP contribution in [0.15, 0.2) is 40.9 Å². The summed E-state index contributed by atoms with van der Waals surface area (Å²) in [4.78, 5) is 7.10. The summed E-state index contributed by atoms with van der Waals surface area (Å²) >= 11 is 6.78. The summed E-state index contributed by atoms with van der Waals surface area (Å²) < 4.78 is 27.3. The molecule has 3 aromatic rings. The van der Waals surface area contributed by atoms with Gasteiger partial charge in [-0.3, -0.25) is 0 Å². The smallest absolute Gasteiger partial charge is 0.250 e. The number of aromatic nitrogens is 2. The Hall–Kier alpha value is -1.41. The highest BCUT2D eigenvalue weighted by atomic mass is 35.5. The number of hydrogen-bond acceptors (Lipinski definition) is 4. The molecule has 2 aromatic heterocycles. The zero-order chi connectivity index (χ0) is 14.2. The molecule has 0 saturated carbocycles. The summed E-state index contributed by atoms with van der Waals surface area (Å²) in [5.74, 6) is 0. The molecule has 0 unspecified atom stereocenters. The lowest BCUT2D eigenvalue weighted by molar-refractivity contribution is 0.583. The number of imidazole rings is 1. The molecule has 0 atom stereocenters. The van der Waals surface area contributed by atoms with Crippen LogP contribution in [0, 0.1) is 0 Å². The summed E-state index contributed by atoms with van der Waals surface area (Å²) in [6.45, 7) is 0.215. The number of benzene rings is 1. The van der Waals surface area contributed by atoms with Crippen LogP contribution in [0.2, 0.25) is 4.34 Å². The maximum atomic E-state index is 12.1. The van der Waals surface area contributed by atoms with Crippen LogP contribution in [0.1, 0.15) is 5.56 Å². The van der Waals surface area contributed by atoms with Crippen molar-refractivity contribution in [1.29, 1.82) is 0 Å². The molecular formula is C12H10ClN3O2S2. The van der Waals surface area contributed by atoms with E-state index in [1.165, 1.54) is 6.07 Å². The van der Waals surface area contributed by atoms with Gasteiger partial charge in [-0.1, -0.05) is 17.7 Å². The maximum absolute atomic E-state index is 12.1. The Morgan fingerprint density at radius 2 is 2.15 bits per heavy atom. The SMILES string of the molecule is O=S(=O)(NCc1ccc2nc[nH]c2c1)c1ccc(Cl)s1. The first-order valence-electron chi connectivity index (χ1n) is 5.72. The van der Waals surface area contributed by atoms with Gasteiger partial charge in [0.15, 0.2) is 0 Å². The fourth-order valence-electron chi connectivity index (χ4n) is 1.78. The molecule has 0 saturated heterocycles. The molecule has 2 heterocycles. The number of fused-ring (bicyclic) bond motifs is 1. The molecule has 8 heteroatoms. The predicted molar refractivity (Wildman–Crippen MR) is 79.4 cm³/mol. The Bertz CT molecular complexity index is 854. The largest absolute Gasteiger partial charge is 0.345 e. The Labute approximate surface area is 124 Å². The molecule has 2 N–H and O–H groups in total. The number of hydrogen-bond donors (Lipinski definition) is 2. The lowest BCUT2D eigenvalue weighted by Gasteiger charge is -2.04. The van der Waals surface area contributed by atoms with Crippen LogP contribution in [-0.4, -0.2) is 18.4 Å². The van der Waals surface area contributed by atoms with Crippen LogP contribution in [0.4, 0.5) is 0 Å². The molecule has 0 spiro atoms. The summed E-state index contributed by atoms with van der Waals surface area (Å²) in [5, 5.41) is 0. The number of aromatic amines is 1. The van der Waals surface area contributed by atoms with E-state index in [0.29, 0.717) is 4.34 Å². The maximum Gasteiger partial charge on any atom is 0.250 e. The molecule has 0 aliphatic carbocycles. The van der Waals surface area contributed by atoms with Crippen molar-refractivity contribution in [3.05, 3.63) is 46.6 Å². The van der Waals surface area contributed by atoms with Crippen molar-refractivity contribution in [3.8, 4) is 0 Å². The number of nitrogens with zero attached hydrogens (tertiary/aromatic N) is 1. The quantitative estimate of drug-likeness (QED) is 0.773. The summed E-state index contributed by atoms with van der Waals surface area (Å²) in [6.07, 6.45) is 1.60. The standard InChI is InChI=1S/C12H10ClN3O2S2/c13-11-3-4-12(19-11)20(17,18)16-6-8-1-2-9-10(5-8)15-7-14-9/h1-5,7,16H,6H2,(H,14,15). The monoisotopic (exact) mass is 327 g/mol. The van der Waals surface area contributed by atoms with Crippen LogP contribution in [0.3, 0.4) is 0 Å². The molecule has 0 bridgehead atoms. The van der Waals surface area contributed by atoms with Gasteiger partial charge < -0.3 is 4.98 Å². The lowest BCUT2D eigenvalue weighted by atomic mass is 10.2. The van der Waals surface area contributed by atoms with Crippen molar-refractivity contribution >= 4 is 44.0 Å². The lowest BCUT2D eigenvalue weighted by Crippen LogP contribution is -2.22. The minimum Gasteiger partial charge on any atom is -0.345 e. The fraction of sp³-hybridized carbons (Fsp3) is 0.0833. The topological polar surface area (TPSA) is 74.8 Å². The van der Waals surface area contributed by atoms with E-state index in [4.69, 9.17) is 11.6 Å². The van der Waals surface area contributed by atoms with Crippen LogP contribution in [0.25, 0.3) is 11.0 Å². The van der Waals surface area contributed by atoms with Gasteiger partial charge in [-0.15, -0.1) is 11.3 Å². The number of nitrogens with one attached hydrogen (secondary N) is 2. The average Bonchev–Trinajstić information content (AvgIpc) is 3.04. The number of sulfonamides is 1. The molecule has 1 aromatic carbocycles. The molecule has 0 aliphatic rings. The normalized spacial score (nSPS) is 12.1. The van der Waals surface area contributed by atoms with Crippen LogP contribution in [0.5, 0.6) is 0 Å². The van der Waals surface area contributed by atoms with Gasteiger partial charge in [0.2, 0.25) is 10.0 Å². The average molecular weight is 328 g/mol. The molecule has 0 radical (unpaired) electrons. The van der Waals surface area contributed by atoms with Crippen LogP contribution >= 0.6 is 22.9 Å². The van der Waals surface area contributed by atoms with E-state index in [9.17, 15) is 8.42 Å². The zero-order valence-corrected chi connectivity index (χ0v) is 12.5. The highest BCUT2D eigenvalue weighted by Gasteiger charge is 2.16. The highest BCUT2D eigenvalue weighted by Crippen LogP contribution is 2.25.